The molecule has 2 rings (SSSR count). The fraction of sp³-hybridized carbons (Fsp3) is 0.0714. The van der Waals surface area contributed by atoms with Gasteiger partial charge in [0.05, 0.1) is 5.56 Å². The molecule has 0 atom stereocenters. The topological polar surface area (TPSA) is 17.1 Å². The highest BCUT2D eigenvalue weighted by Gasteiger charge is 2.30. The monoisotopic (exact) mass is 268 g/mol. The zero-order chi connectivity index (χ0) is 14.0. The summed E-state index contributed by atoms with van der Waals surface area (Å²) >= 11 is 0. The minimum absolute atomic E-state index is 0.0763. The Balaban J connectivity index is 2.53. The molecule has 0 spiro atoms. The molecular weight excluding hydrogens is 260 g/mol. The smallest absolute Gasteiger partial charge is 0.298 e. The molecule has 2 aromatic rings. The van der Waals surface area contributed by atoms with Crippen LogP contribution in [0, 0.1) is 5.82 Å². The number of halogens is 4. The van der Waals surface area contributed by atoms with Gasteiger partial charge in [-0.2, -0.15) is 13.2 Å². The number of carbonyl (C=O) groups is 1. The Morgan fingerprint density at radius 3 is 2.32 bits per heavy atom. The van der Waals surface area contributed by atoms with Gasteiger partial charge in [-0.15, -0.1) is 0 Å². The van der Waals surface area contributed by atoms with Crippen LogP contribution >= 0.6 is 0 Å². The van der Waals surface area contributed by atoms with Crippen molar-refractivity contribution >= 4 is 6.29 Å². The molecule has 0 saturated heterocycles. The van der Waals surface area contributed by atoms with E-state index >= 15 is 0 Å². The summed E-state index contributed by atoms with van der Waals surface area (Å²) in [5.74, 6) is -0.669. The largest absolute Gasteiger partial charge is 0.416 e. The molecule has 0 aliphatic rings. The van der Waals surface area contributed by atoms with E-state index in [4.69, 9.17) is 0 Å². The SMILES string of the molecule is O=Cc1cc(F)cc(-c2cccc(C(F)(F)F)c2)c1. The Hall–Kier alpha value is -2.17. The number of alkyl halides is 3. The van der Waals surface area contributed by atoms with Gasteiger partial charge < -0.3 is 0 Å². The lowest BCUT2D eigenvalue weighted by atomic mass is 10.0. The maximum Gasteiger partial charge on any atom is 0.416 e. The van der Waals surface area contributed by atoms with Crippen molar-refractivity contribution in [2.24, 2.45) is 0 Å². The Kier molecular flexibility index (Phi) is 3.38. The van der Waals surface area contributed by atoms with E-state index in [1.165, 1.54) is 18.2 Å². The summed E-state index contributed by atoms with van der Waals surface area (Å²) in [4.78, 5) is 10.6. The molecule has 0 radical (unpaired) electrons. The second-order valence-corrected chi connectivity index (χ2v) is 3.97. The van der Waals surface area contributed by atoms with Crippen LogP contribution in [0.2, 0.25) is 0 Å². The molecule has 0 aliphatic heterocycles. The molecule has 1 nitrogen and oxygen atoms in total. The maximum absolute atomic E-state index is 13.3. The van der Waals surface area contributed by atoms with Crippen LogP contribution in [0.3, 0.4) is 0 Å². The number of hydrogen-bond donors (Lipinski definition) is 0. The molecule has 0 aliphatic carbocycles. The van der Waals surface area contributed by atoms with E-state index in [-0.39, 0.29) is 16.7 Å². The maximum atomic E-state index is 13.3. The van der Waals surface area contributed by atoms with Gasteiger partial charge in [0.25, 0.3) is 0 Å². The fourth-order valence-electron chi connectivity index (χ4n) is 1.72. The summed E-state index contributed by atoms with van der Waals surface area (Å²) < 4.78 is 51.0. The van der Waals surface area contributed by atoms with Crippen LogP contribution in [0.1, 0.15) is 15.9 Å². The molecule has 0 saturated carbocycles. The van der Waals surface area contributed by atoms with Gasteiger partial charge in [-0.3, -0.25) is 4.79 Å². The fourth-order valence-corrected chi connectivity index (χ4v) is 1.72. The van der Waals surface area contributed by atoms with Crippen LogP contribution in [0.5, 0.6) is 0 Å². The van der Waals surface area contributed by atoms with Gasteiger partial charge in [0, 0.05) is 5.56 Å². The molecule has 2 aromatic carbocycles. The zero-order valence-electron chi connectivity index (χ0n) is 9.54. The number of carbonyl (C=O) groups excluding carboxylic acids is 1. The molecule has 0 fully saturated rings. The highest BCUT2D eigenvalue weighted by atomic mass is 19.4. The van der Waals surface area contributed by atoms with Gasteiger partial charge in [0.1, 0.15) is 12.1 Å². The first kappa shape index (κ1) is 13.3. The highest BCUT2D eigenvalue weighted by Crippen LogP contribution is 2.32. The van der Waals surface area contributed by atoms with Crippen LogP contribution in [0.15, 0.2) is 42.5 Å². The molecular formula is C14H8F4O. The third-order valence-electron chi connectivity index (χ3n) is 2.58. The molecule has 0 amide bonds. The summed E-state index contributed by atoms with van der Waals surface area (Å²) in [6.07, 6.45) is -4.02. The van der Waals surface area contributed by atoms with Crippen molar-refractivity contribution < 1.29 is 22.4 Å². The standard InChI is InChI=1S/C14H8F4O/c15-13-5-9(8-19)4-11(7-13)10-2-1-3-12(6-10)14(16,17)18/h1-8H. The van der Waals surface area contributed by atoms with Gasteiger partial charge >= 0.3 is 6.18 Å². The number of benzene rings is 2. The molecule has 98 valence electrons. The predicted molar refractivity (Wildman–Crippen MR) is 62.2 cm³/mol. The molecule has 0 bridgehead atoms. The lowest BCUT2D eigenvalue weighted by molar-refractivity contribution is -0.137. The molecule has 19 heavy (non-hydrogen) atoms. The predicted octanol–water partition coefficient (Wildman–Crippen LogP) is 4.32. The van der Waals surface area contributed by atoms with E-state index in [2.05, 4.69) is 0 Å². The second-order valence-electron chi connectivity index (χ2n) is 3.97. The minimum Gasteiger partial charge on any atom is -0.298 e. The van der Waals surface area contributed by atoms with E-state index in [1.807, 2.05) is 0 Å². The Morgan fingerprint density at radius 1 is 0.947 bits per heavy atom. The van der Waals surface area contributed by atoms with E-state index in [0.717, 1.165) is 24.3 Å². The summed E-state index contributed by atoms with van der Waals surface area (Å²) in [6, 6.07) is 7.97. The van der Waals surface area contributed by atoms with Crippen LogP contribution in [-0.2, 0) is 6.18 Å². The Labute approximate surface area is 106 Å². The third kappa shape index (κ3) is 2.99. The minimum atomic E-state index is -4.46. The normalized spacial score (nSPS) is 11.4. The first-order valence-corrected chi connectivity index (χ1v) is 5.33. The molecule has 0 heterocycles. The summed E-state index contributed by atoms with van der Waals surface area (Å²) in [5, 5.41) is 0. The quantitative estimate of drug-likeness (QED) is 0.585. The first-order chi connectivity index (χ1) is 8.90. The molecule has 0 unspecified atom stereocenters. The summed E-state index contributed by atoms with van der Waals surface area (Å²) in [7, 11) is 0. The summed E-state index contributed by atoms with van der Waals surface area (Å²) in [5.41, 5.74) is -0.306. The average molecular weight is 268 g/mol. The van der Waals surface area contributed by atoms with Crippen LogP contribution < -0.4 is 0 Å². The zero-order valence-corrected chi connectivity index (χ0v) is 9.54. The lowest BCUT2D eigenvalue weighted by Crippen LogP contribution is -2.04. The number of rotatable bonds is 2. The van der Waals surface area contributed by atoms with Crippen molar-refractivity contribution in [3.63, 3.8) is 0 Å². The van der Waals surface area contributed by atoms with Crippen molar-refractivity contribution in [3.8, 4) is 11.1 Å². The Morgan fingerprint density at radius 2 is 1.68 bits per heavy atom. The van der Waals surface area contributed by atoms with Gasteiger partial charge in [-0.1, -0.05) is 12.1 Å². The van der Waals surface area contributed by atoms with E-state index in [9.17, 15) is 22.4 Å². The van der Waals surface area contributed by atoms with Crippen molar-refractivity contribution in [2.45, 2.75) is 6.18 Å². The van der Waals surface area contributed by atoms with E-state index in [1.54, 1.807) is 0 Å². The van der Waals surface area contributed by atoms with Crippen molar-refractivity contribution in [1.82, 2.24) is 0 Å². The van der Waals surface area contributed by atoms with Crippen molar-refractivity contribution in [2.75, 3.05) is 0 Å². The summed E-state index contributed by atoms with van der Waals surface area (Å²) in [6.45, 7) is 0. The molecule has 0 aromatic heterocycles. The van der Waals surface area contributed by atoms with Gasteiger partial charge in [0.15, 0.2) is 0 Å². The second kappa shape index (κ2) is 4.84. The number of aldehydes is 1. The van der Waals surface area contributed by atoms with Crippen molar-refractivity contribution in [1.29, 1.82) is 0 Å². The van der Waals surface area contributed by atoms with Crippen LogP contribution in [0.4, 0.5) is 17.6 Å². The van der Waals surface area contributed by atoms with E-state index in [0.29, 0.717) is 6.29 Å². The van der Waals surface area contributed by atoms with Gasteiger partial charge in [-0.05, 0) is 41.5 Å². The molecule has 5 heteroatoms. The van der Waals surface area contributed by atoms with Crippen LogP contribution in [-0.4, -0.2) is 6.29 Å². The van der Waals surface area contributed by atoms with Crippen molar-refractivity contribution in [3.05, 3.63) is 59.4 Å². The average Bonchev–Trinajstić information content (AvgIpc) is 2.37. The number of hydrogen-bond acceptors (Lipinski definition) is 1. The van der Waals surface area contributed by atoms with E-state index < -0.39 is 17.6 Å². The van der Waals surface area contributed by atoms with Crippen LogP contribution in [0.25, 0.3) is 11.1 Å². The van der Waals surface area contributed by atoms with Gasteiger partial charge in [0.2, 0.25) is 0 Å². The highest BCUT2D eigenvalue weighted by molar-refractivity contribution is 5.79. The van der Waals surface area contributed by atoms with Gasteiger partial charge in [-0.25, -0.2) is 4.39 Å². The first-order valence-electron chi connectivity index (χ1n) is 5.33. The third-order valence-corrected chi connectivity index (χ3v) is 2.58. The lowest BCUT2D eigenvalue weighted by Gasteiger charge is -2.09. The Bertz CT molecular complexity index is 617. The molecule has 0 N–H and O–H groups in total.